The summed E-state index contributed by atoms with van der Waals surface area (Å²) < 4.78 is 1.00. The number of rotatable bonds is 3. The number of aromatic nitrogens is 1. The van der Waals surface area contributed by atoms with Crippen LogP contribution in [0.25, 0.3) is 0 Å². The SMILES string of the molecule is Cc1cc(C(=O)NCc2cccnc2)sc1Br. The molecule has 0 aliphatic heterocycles. The molecule has 17 heavy (non-hydrogen) atoms. The lowest BCUT2D eigenvalue weighted by atomic mass is 10.3. The van der Waals surface area contributed by atoms with Gasteiger partial charge in [0.05, 0.1) is 8.66 Å². The zero-order valence-electron chi connectivity index (χ0n) is 9.24. The average Bonchev–Trinajstić information content (AvgIpc) is 2.68. The monoisotopic (exact) mass is 310 g/mol. The summed E-state index contributed by atoms with van der Waals surface area (Å²) in [6.07, 6.45) is 3.46. The maximum Gasteiger partial charge on any atom is 0.261 e. The third-order valence-electron chi connectivity index (χ3n) is 2.26. The summed E-state index contributed by atoms with van der Waals surface area (Å²) in [5.41, 5.74) is 2.08. The van der Waals surface area contributed by atoms with Gasteiger partial charge in [0.25, 0.3) is 5.91 Å². The van der Waals surface area contributed by atoms with E-state index < -0.39 is 0 Å². The van der Waals surface area contributed by atoms with Crippen LogP contribution >= 0.6 is 27.3 Å². The first-order valence-electron chi connectivity index (χ1n) is 5.10. The van der Waals surface area contributed by atoms with E-state index in [4.69, 9.17) is 0 Å². The number of nitrogens with zero attached hydrogens (tertiary/aromatic N) is 1. The van der Waals surface area contributed by atoms with Crippen molar-refractivity contribution in [2.24, 2.45) is 0 Å². The number of carbonyl (C=O) groups excluding carboxylic acids is 1. The van der Waals surface area contributed by atoms with Gasteiger partial charge in [0, 0.05) is 18.9 Å². The zero-order valence-corrected chi connectivity index (χ0v) is 11.6. The molecule has 0 saturated heterocycles. The first-order chi connectivity index (χ1) is 8.16. The van der Waals surface area contributed by atoms with Gasteiger partial charge in [-0.2, -0.15) is 0 Å². The summed E-state index contributed by atoms with van der Waals surface area (Å²) in [6, 6.07) is 5.67. The Morgan fingerprint density at radius 1 is 1.59 bits per heavy atom. The Bertz CT molecular complexity index is 505. The van der Waals surface area contributed by atoms with Crippen LogP contribution in [-0.4, -0.2) is 10.9 Å². The normalized spacial score (nSPS) is 10.2. The van der Waals surface area contributed by atoms with Gasteiger partial charge in [-0.1, -0.05) is 6.07 Å². The number of amides is 1. The highest BCUT2D eigenvalue weighted by atomic mass is 79.9. The number of hydrogen-bond donors (Lipinski definition) is 1. The second-order valence-electron chi connectivity index (χ2n) is 3.61. The fourth-order valence-electron chi connectivity index (χ4n) is 1.34. The lowest BCUT2D eigenvalue weighted by Crippen LogP contribution is -2.21. The maximum absolute atomic E-state index is 11.8. The quantitative estimate of drug-likeness (QED) is 0.946. The largest absolute Gasteiger partial charge is 0.347 e. The fourth-order valence-corrected chi connectivity index (χ4v) is 2.80. The first-order valence-corrected chi connectivity index (χ1v) is 6.71. The minimum atomic E-state index is -0.0485. The molecule has 0 unspecified atom stereocenters. The second kappa shape index (κ2) is 5.42. The molecule has 0 spiro atoms. The van der Waals surface area contributed by atoms with Crippen molar-refractivity contribution in [2.45, 2.75) is 13.5 Å². The van der Waals surface area contributed by atoms with Crippen LogP contribution in [0.5, 0.6) is 0 Å². The number of halogens is 1. The molecule has 88 valence electrons. The number of thiophene rings is 1. The first kappa shape index (κ1) is 12.3. The molecular formula is C12H11BrN2OS. The van der Waals surface area contributed by atoms with Gasteiger partial charge in [-0.15, -0.1) is 11.3 Å². The highest BCUT2D eigenvalue weighted by molar-refractivity contribution is 9.11. The molecule has 0 radical (unpaired) electrons. The highest BCUT2D eigenvalue weighted by Gasteiger charge is 2.10. The molecule has 3 nitrogen and oxygen atoms in total. The second-order valence-corrected chi connectivity index (χ2v) is 5.98. The van der Waals surface area contributed by atoms with Crippen LogP contribution in [0.3, 0.4) is 0 Å². The van der Waals surface area contributed by atoms with E-state index in [0.29, 0.717) is 6.54 Å². The topological polar surface area (TPSA) is 42.0 Å². The Hall–Kier alpha value is -1.20. The van der Waals surface area contributed by atoms with E-state index in [1.807, 2.05) is 25.1 Å². The van der Waals surface area contributed by atoms with E-state index in [9.17, 15) is 4.79 Å². The fraction of sp³-hybridized carbons (Fsp3) is 0.167. The van der Waals surface area contributed by atoms with Crippen LogP contribution in [0, 0.1) is 6.92 Å². The Morgan fingerprint density at radius 2 is 2.41 bits per heavy atom. The van der Waals surface area contributed by atoms with Gasteiger partial charge in [0.15, 0.2) is 0 Å². The van der Waals surface area contributed by atoms with Crippen molar-refractivity contribution >= 4 is 33.2 Å². The Kier molecular flexibility index (Phi) is 3.91. The van der Waals surface area contributed by atoms with Crippen molar-refractivity contribution in [3.8, 4) is 0 Å². The average molecular weight is 311 g/mol. The summed E-state index contributed by atoms with van der Waals surface area (Å²) >= 11 is 4.86. The number of carbonyl (C=O) groups is 1. The molecule has 2 heterocycles. The van der Waals surface area contributed by atoms with Gasteiger partial charge in [0.1, 0.15) is 0 Å². The molecule has 0 aromatic carbocycles. The molecule has 5 heteroatoms. The third-order valence-corrected chi connectivity index (χ3v) is 4.39. The molecule has 1 amide bonds. The Morgan fingerprint density at radius 3 is 3.00 bits per heavy atom. The van der Waals surface area contributed by atoms with E-state index in [1.54, 1.807) is 12.4 Å². The van der Waals surface area contributed by atoms with Crippen LogP contribution in [0.2, 0.25) is 0 Å². The van der Waals surface area contributed by atoms with Crippen molar-refractivity contribution in [2.75, 3.05) is 0 Å². The highest BCUT2D eigenvalue weighted by Crippen LogP contribution is 2.27. The van der Waals surface area contributed by atoms with Crippen LogP contribution in [0.1, 0.15) is 20.8 Å². The lowest BCUT2D eigenvalue weighted by Gasteiger charge is -2.02. The molecule has 0 aliphatic carbocycles. The summed E-state index contributed by atoms with van der Waals surface area (Å²) in [6.45, 7) is 2.47. The van der Waals surface area contributed by atoms with E-state index in [1.165, 1.54) is 11.3 Å². The van der Waals surface area contributed by atoms with Gasteiger partial charge in [0.2, 0.25) is 0 Å². The van der Waals surface area contributed by atoms with E-state index >= 15 is 0 Å². The Labute approximate surface area is 112 Å². The van der Waals surface area contributed by atoms with Crippen LogP contribution in [0.4, 0.5) is 0 Å². The smallest absolute Gasteiger partial charge is 0.261 e. The minimum Gasteiger partial charge on any atom is -0.347 e. The molecule has 0 fully saturated rings. The van der Waals surface area contributed by atoms with Crippen molar-refractivity contribution < 1.29 is 4.79 Å². The van der Waals surface area contributed by atoms with Gasteiger partial charge in [-0.25, -0.2) is 0 Å². The van der Waals surface area contributed by atoms with Crippen LogP contribution in [0.15, 0.2) is 34.4 Å². The summed E-state index contributed by atoms with van der Waals surface area (Å²) in [7, 11) is 0. The molecule has 0 bridgehead atoms. The van der Waals surface area contributed by atoms with Crippen molar-refractivity contribution in [3.05, 3.63) is 50.4 Å². The summed E-state index contributed by atoms with van der Waals surface area (Å²) in [5, 5.41) is 2.87. The summed E-state index contributed by atoms with van der Waals surface area (Å²) in [5.74, 6) is -0.0485. The number of aryl methyl sites for hydroxylation is 1. The third kappa shape index (κ3) is 3.14. The molecule has 2 aromatic rings. The molecule has 0 aliphatic rings. The number of hydrogen-bond acceptors (Lipinski definition) is 3. The molecule has 2 aromatic heterocycles. The summed E-state index contributed by atoms with van der Waals surface area (Å²) in [4.78, 5) is 16.6. The van der Waals surface area contributed by atoms with E-state index in [-0.39, 0.29) is 5.91 Å². The minimum absolute atomic E-state index is 0.0485. The van der Waals surface area contributed by atoms with Gasteiger partial charge >= 0.3 is 0 Å². The van der Waals surface area contributed by atoms with E-state index in [2.05, 4.69) is 26.2 Å². The zero-order chi connectivity index (χ0) is 12.3. The van der Waals surface area contributed by atoms with Gasteiger partial charge < -0.3 is 5.32 Å². The van der Waals surface area contributed by atoms with Gasteiger partial charge in [-0.05, 0) is 46.1 Å². The lowest BCUT2D eigenvalue weighted by molar-refractivity contribution is 0.0955. The predicted octanol–water partition coefficient (Wildman–Crippen LogP) is 3.14. The molecule has 0 saturated carbocycles. The maximum atomic E-state index is 11.8. The van der Waals surface area contributed by atoms with Gasteiger partial charge in [-0.3, -0.25) is 9.78 Å². The Balaban J connectivity index is 1.98. The molecular weight excluding hydrogens is 300 g/mol. The van der Waals surface area contributed by atoms with Crippen LogP contribution < -0.4 is 5.32 Å². The number of pyridine rings is 1. The van der Waals surface area contributed by atoms with Crippen molar-refractivity contribution in [3.63, 3.8) is 0 Å². The van der Waals surface area contributed by atoms with Crippen molar-refractivity contribution in [1.29, 1.82) is 0 Å². The number of nitrogens with one attached hydrogen (secondary N) is 1. The van der Waals surface area contributed by atoms with E-state index in [0.717, 1.165) is 19.8 Å². The molecule has 2 rings (SSSR count). The van der Waals surface area contributed by atoms with Crippen LogP contribution in [-0.2, 0) is 6.54 Å². The molecule has 1 N–H and O–H groups in total. The predicted molar refractivity (Wildman–Crippen MR) is 72.2 cm³/mol. The molecule has 0 atom stereocenters. The van der Waals surface area contributed by atoms with Crippen molar-refractivity contribution in [1.82, 2.24) is 10.3 Å². The standard InChI is InChI=1S/C12H11BrN2OS/c1-8-5-10(17-11(8)13)12(16)15-7-9-3-2-4-14-6-9/h2-6H,7H2,1H3,(H,15,16).